The molecular weight excluding hydrogens is 590 g/mol. The van der Waals surface area contributed by atoms with Crippen LogP contribution in [0.25, 0.3) is 0 Å². The Morgan fingerprint density at radius 2 is 1.54 bits per heavy atom. The van der Waals surface area contributed by atoms with E-state index in [0.29, 0.717) is 18.6 Å². The highest BCUT2D eigenvalue weighted by Gasteiger charge is 2.40. The van der Waals surface area contributed by atoms with Crippen LogP contribution >= 0.6 is 0 Å². The fourth-order valence-corrected chi connectivity index (χ4v) is 5.32. The molecule has 1 aliphatic heterocycles. The molecule has 5 atom stereocenters. The van der Waals surface area contributed by atoms with E-state index in [0.717, 1.165) is 64.4 Å². The average Bonchev–Trinajstić information content (AvgIpc) is 3.30. The van der Waals surface area contributed by atoms with Crippen LogP contribution in [-0.4, -0.2) is 98.1 Å². The predicted molar refractivity (Wildman–Crippen MR) is 182 cm³/mol. The monoisotopic (exact) mass is 653 g/mol. The van der Waals surface area contributed by atoms with Crippen molar-refractivity contribution in [2.75, 3.05) is 33.8 Å². The second-order valence-electron chi connectivity index (χ2n) is 12.6. The summed E-state index contributed by atoms with van der Waals surface area (Å²) in [6, 6.07) is -1.89. The van der Waals surface area contributed by atoms with E-state index in [1.54, 1.807) is 0 Å². The Labute approximate surface area is 277 Å². The molecule has 1 saturated carbocycles. The average molecular weight is 654 g/mol. The lowest BCUT2D eigenvalue weighted by atomic mass is 9.84. The van der Waals surface area contributed by atoms with Crippen molar-refractivity contribution in [3.63, 3.8) is 0 Å². The topological polar surface area (TPSA) is 174 Å². The summed E-state index contributed by atoms with van der Waals surface area (Å²) in [5, 5.41) is 17.3. The van der Waals surface area contributed by atoms with Gasteiger partial charge in [-0.1, -0.05) is 79.7 Å². The van der Waals surface area contributed by atoms with E-state index in [9.17, 15) is 28.8 Å². The number of hydrogen-bond acceptors (Lipinski definition) is 8. The molecule has 0 bridgehead atoms. The summed E-state index contributed by atoms with van der Waals surface area (Å²) >= 11 is 0. The van der Waals surface area contributed by atoms with Gasteiger partial charge >= 0.3 is 6.03 Å². The summed E-state index contributed by atoms with van der Waals surface area (Å²) in [6.07, 6.45) is 10.5. The molecule has 2 fully saturated rings. The zero-order chi connectivity index (χ0) is 35.7. The Balaban J connectivity index is 0. The lowest BCUT2D eigenvalue weighted by molar-refractivity contribution is -0.140. The lowest BCUT2D eigenvalue weighted by Gasteiger charge is -2.27. The summed E-state index contributed by atoms with van der Waals surface area (Å²) in [7, 11) is 2.92. The summed E-state index contributed by atoms with van der Waals surface area (Å²) < 4.78 is 0. The van der Waals surface area contributed by atoms with Crippen LogP contribution in [0, 0.1) is 23.7 Å². The van der Waals surface area contributed by atoms with Crippen LogP contribution < -0.4 is 21.3 Å². The quantitative estimate of drug-likeness (QED) is 0.108. The molecule has 0 aromatic heterocycles. The van der Waals surface area contributed by atoms with Gasteiger partial charge in [-0.05, 0) is 50.0 Å². The number of amides is 4. The number of aldehydes is 2. The molecule has 12 nitrogen and oxygen atoms in total. The van der Waals surface area contributed by atoms with E-state index in [2.05, 4.69) is 62.5 Å². The Bertz CT molecular complexity index is 906. The molecule has 3 unspecified atom stereocenters. The molecule has 2 aliphatic rings. The highest BCUT2D eigenvalue weighted by Crippen LogP contribution is 2.28. The number of urea groups is 1. The first-order valence-electron chi connectivity index (χ1n) is 16.7. The molecule has 1 heterocycles. The van der Waals surface area contributed by atoms with Crippen LogP contribution in [0.15, 0.2) is 12.7 Å². The molecule has 5 N–H and O–H groups in total. The largest absolute Gasteiger partial charge is 0.400 e. The number of ketones is 1. The SMILES string of the molecule is C=CCNC(=O)C(=O)C(CCCC)NC(=O)[C@@H]1C(C)[C@@H](C)CN1C.CC(C)C.CO.O=CCNC(=O)NC(C=O)C1CCCCC1. The Morgan fingerprint density at radius 1 is 0.957 bits per heavy atom. The molecule has 46 heavy (non-hydrogen) atoms. The zero-order valence-electron chi connectivity index (χ0n) is 29.6. The summed E-state index contributed by atoms with van der Waals surface area (Å²) in [5.41, 5.74) is 0. The van der Waals surface area contributed by atoms with Gasteiger partial charge in [-0.25, -0.2) is 4.79 Å². The van der Waals surface area contributed by atoms with Gasteiger partial charge in [0.25, 0.3) is 5.91 Å². The minimum Gasteiger partial charge on any atom is -0.400 e. The molecule has 0 aromatic carbocycles. The fourth-order valence-electron chi connectivity index (χ4n) is 5.32. The maximum atomic E-state index is 12.7. The second kappa shape index (κ2) is 27.0. The lowest BCUT2D eigenvalue weighted by Crippen LogP contribution is -2.53. The van der Waals surface area contributed by atoms with Crippen molar-refractivity contribution in [1.29, 1.82) is 0 Å². The van der Waals surface area contributed by atoms with Crippen molar-refractivity contribution in [2.45, 2.75) is 111 Å². The van der Waals surface area contributed by atoms with Gasteiger partial charge in [0.15, 0.2) is 0 Å². The summed E-state index contributed by atoms with van der Waals surface area (Å²) in [6.45, 7) is 17.3. The third-order valence-electron chi connectivity index (χ3n) is 7.77. The van der Waals surface area contributed by atoms with E-state index in [1.165, 1.54) is 12.5 Å². The van der Waals surface area contributed by atoms with E-state index in [1.807, 2.05) is 18.9 Å². The Hall–Kier alpha value is -3.12. The van der Waals surface area contributed by atoms with Crippen LogP contribution in [0.3, 0.4) is 0 Å². The van der Waals surface area contributed by atoms with Crippen molar-refractivity contribution in [3.05, 3.63) is 12.7 Å². The van der Waals surface area contributed by atoms with Crippen LogP contribution in [0.5, 0.6) is 0 Å². The highest BCUT2D eigenvalue weighted by atomic mass is 16.2. The van der Waals surface area contributed by atoms with Crippen molar-refractivity contribution in [3.8, 4) is 0 Å². The van der Waals surface area contributed by atoms with Crippen LogP contribution in [0.1, 0.15) is 92.9 Å². The van der Waals surface area contributed by atoms with Gasteiger partial charge in [-0.3, -0.25) is 19.3 Å². The van der Waals surface area contributed by atoms with Crippen molar-refractivity contribution in [1.82, 2.24) is 26.2 Å². The molecule has 4 amide bonds. The van der Waals surface area contributed by atoms with E-state index >= 15 is 0 Å². The van der Waals surface area contributed by atoms with Gasteiger partial charge in [0.05, 0.1) is 24.7 Å². The number of unbranched alkanes of at least 4 members (excludes halogenated alkanes) is 1. The molecule has 1 saturated heterocycles. The minimum atomic E-state index is -0.765. The highest BCUT2D eigenvalue weighted by molar-refractivity contribution is 6.38. The van der Waals surface area contributed by atoms with Gasteiger partial charge in [-0.2, -0.15) is 0 Å². The standard InChI is InChI=1S/C18H31N3O3.C11H18N2O3.C4H10.CH4O/c1-6-8-9-14(16(22)18(24)19-10-7-2)20-17(23)15-13(4)12(3)11-21(15)5;14-7-6-12-11(16)13-10(8-15)9-4-2-1-3-5-9;1-4(2)3;1-2/h7,12-15H,2,6,8-11H2,1,3-5H3,(H,19,24)(H,20,23);7-10H,1-6H2,(H2,12,13,16);4H,1-3H3;2H,1H3/t12-,13?,14?,15-;;;/m0.../s1. The molecule has 0 radical (unpaired) electrons. The van der Waals surface area contributed by atoms with Gasteiger partial charge < -0.3 is 36.0 Å². The summed E-state index contributed by atoms with van der Waals surface area (Å²) in [4.78, 5) is 71.2. The molecule has 12 heteroatoms. The minimum absolute atomic E-state index is 0.0257. The number of likely N-dealkylation sites (tertiary alicyclic amines) is 1. The van der Waals surface area contributed by atoms with Crippen LogP contribution in [0.2, 0.25) is 0 Å². The number of Topliss-reactive ketones (excluding diaryl/α,β-unsaturated/α-hetero) is 1. The second-order valence-corrected chi connectivity index (χ2v) is 12.6. The number of hydrogen-bond donors (Lipinski definition) is 5. The van der Waals surface area contributed by atoms with E-state index < -0.39 is 29.8 Å². The van der Waals surface area contributed by atoms with E-state index in [-0.39, 0.29) is 36.9 Å². The normalized spacial score (nSPS) is 20.4. The summed E-state index contributed by atoms with van der Waals surface area (Å²) in [5.74, 6) is 0.295. The number of carbonyl (C=O) groups excluding carboxylic acids is 6. The third-order valence-corrected chi connectivity index (χ3v) is 7.77. The Morgan fingerprint density at radius 3 is 2.00 bits per heavy atom. The number of carbonyl (C=O) groups is 6. The number of rotatable bonds is 14. The van der Waals surface area contributed by atoms with Crippen molar-refractivity contribution >= 4 is 36.2 Å². The third kappa shape index (κ3) is 18.8. The van der Waals surface area contributed by atoms with E-state index in [4.69, 9.17) is 5.11 Å². The molecule has 2 rings (SSSR count). The van der Waals surface area contributed by atoms with Crippen molar-refractivity contribution < 1.29 is 33.9 Å². The fraction of sp³-hybridized carbons (Fsp3) is 0.765. The first kappa shape index (κ1) is 45.0. The van der Waals surface area contributed by atoms with Crippen molar-refractivity contribution in [2.24, 2.45) is 23.7 Å². The molecule has 1 aliphatic carbocycles. The number of nitrogens with zero attached hydrogens (tertiary/aromatic N) is 1. The number of aliphatic hydroxyl groups is 1. The molecule has 0 spiro atoms. The van der Waals surface area contributed by atoms with Gasteiger partial charge in [0.1, 0.15) is 12.6 Å². The maximum absolute atomic E-state index is 12.7. The number of likely N-dealkylation sites (N-methyl/N-ethyl adjacent to an activating group) is 1. The molecule has 0 aromatic rings. The van der Waals surface area contributed by atoms with Gasteiger partial charge in [0.2, 0.25) is 11.7 Å². The van der Waals surface area contributed by atoms with Crippen LogP contribution in [-0.2, 0) is 24.0 Å². The first-order chi connectivity index (χ1) is 21.8. The first-order valence-corrected chi connectivity index (χ1v) is 16.7. The predicted octanol–water partition coefficient (Wildman–Crippen LogP) is 3.02. The van der Waals surface area contributed by atoms with Gasteiger partial charge in [0, 0.05) is 20.2 Å². The Kier molecular flexibility index (Phi) is 26.4. The number of nitrogens with one attached hydrogen (secondary N) is 4. The smallest absolute Gasteiger partial charge is 0.315 e. The zero-order valence-corrected chi connectivity index (χ0v) is 29.6. The van der Waals surface area contributed by atoms with Crippen LogP contribution in [0.4, 0.5) is 4.79 Å². The molecular formula is C34H63N5O7. The van der Waals surface area contributed by atoms with Gasteiger partial charge in [-0.15, -0.1) is 6.58 Å². The number of aliphatic hydroxyl groups excluding tert-OH is 1. The maximum Gasteiger partial charge on any atom is 0.315 e. The molecule has 266 valence electrons.